The molecule has 0 fully saturated rings. The van der Waals surface area contributed by atoms with Crippen molar-refractivity contribution in [3.05, 3.63) is 53.6 Å². The van der Waals surface area contributed by atoms with E-state index < -0.39 is 11.6 Å². The van der Waals surface area contributed by atoms with Crippen molar-refractivity contribution in [1.82, 2.24) is 0 Å². The first-order valence-corrected chi connectivity index (χ1v) is 9.09. The number of hydrogen-bond acceptors (Lipinski definition) is 6. The minimum atomic E-state index is -0.479. The smallest absolute Gasteiger partial charge is 0.190 e. The first-order chi connectivity index (χ1) is 12.5. The van der Waals surface area contributed by atoms with Gasteiger partial charge in [0.15, 0.2) is 11.6 Å². The third-order valence-corrected chi connectivity index (χ3v) is 4.99. The first kappa shape index (κ1) is 17.9. The zero-order valence-electron chi connectivity index (χ0n) is 14.2. The van der Waals surface area contributed by atoms with E-state index in [4.69, 9.17) is 4.74 Å². The molecule has 2 bridgehead atoms. The Morgan fingerprint density at radius 2 is 1.58 bits per heavy atom. The Bertz CT molecular complexity index is 927. The standard InChI is InChI=1S/C10H6O4.C10H12OS/c11-5-1-2-6(12)10-8(14)4-3-7(13)9(5)10;1-2-3-6-11-9-7-8-4-5-10(9)12-8/h1-4,11-12H;4-5,7H,2-3,6H2,1H3. The zero-order valence-corrected chi connectivity index (χ0v) is 15.0. The van der Waals surface area contributed by atoms with Gasteiger partial charge in [0.2, 0.25) is 0 Å². The number of ether oxygens (including phenoxy) is 1. The van der Waals surface area contributed by atoms with E-state index >= 15 is 0 Å². The molecule has 2 N–H and O–H groups in total. The van der Waals surface area contributed by atoms with Crippen LogP contribution >= 0.6 is 11.3 Å². The number of rotatable bonds is 4. The van der Waals surface area contributed by atoms with Crippen LogP contribution in [0.25, 0.3) is 9.40 Å². The topological polar surface area (TPSA) is 83.8 Å². The lowest BCUT2D eigenvalue weighted by molar-refractivity contribution is 0.0989. The Morgan fingerprint density at radius 3 is 2.04 bits per heavy atom. The lowest BCUT2D eigenvalue weighted by atomic mass is 9.93. The van der Waals surface area contributed by atoms with Crippen LogP contribution in [0.3, 0.4) is 0 Å². The first-order valence-electron chi connectivity index (χ1n) is 8.27. The van der Waals surface area contributed by atoms with E-state index in [1.54, 1.807) is 11.3 Å². The summed E-state index contributed by atoms with van der Waals surface area (Å²) in [7, 11) is 0. The van der Waals surface area contributed by atoms with Crippen LogP contribution in [0.4, 0.5) is 0 Å². The van der Waals surface area contributed by atoms with E-state index in [2.05, 4.69) is 25.1 Å². The van der Waals surface area contributed by atoms with Crippen molar-refractivity contribution < 1.29 is 24.5 Å². The van der Waals surface area contributed by atoms with Crippen LogP contribution in [0.2, 0.25) is 0 Å². The van der Waals surface area contributed by atoms with Crippen molar-refractivity contribution in [3.63, 3.8) is 0 Å². The van der Waals surface area contributed by atoms with Crippen molar-refractivity contribution in [2.45, 2.75) is 19.8 Å². The highest BCUT2D eigenvalue weighted by molar-refractivity contribution is 7.24. The van der Waals surface area contributed by atoms with Crippen LogP contribution in [0.5, 0.6) is 17.2 Å². The number of thiophene rings is 2. The van der Waals surface area contributed by atoms with Gasteiger partial charge in [0.1, 0.15) is 17.2 Å². The summed E-state index contributed by atoms with van der Waals surface area (Å²) < 4.78 is 8.20. The van der Waals surface area contributed by atoms with Crippen LogP contribution < -0.4 is 4.74 Å². The molecule has 1 aliphatic rings. The summed E-state index contributed by atoms with van der Waals surface area (Å²) in [6.45, 7) is 3.03. The fraction of sp³-hybridized carbons (Fsp3) is 0.200. The minimum Gasteiger partial charge on any atom is -0.507 e. The minimum absolute atomic E-state index is 0.127. The molecular formula is C20H18O5S. The number of hydrogen-bond donors (Lipinski definition) is 2. The van der Waals surface area contributed by atoms with Gasteiger partial charge in [-0.2, -0.15) is 0 Å². The van der Waals surface area contributed by atoms with Gasteiger partial charge in [0, 0.05) is 4.70 Å². The zero-order chi connectivity index (χ0) is 18.7. The summed E-state index contributed by atoms with van der Waals surface area (Å²) in [5, 5.41) is 18.7. The Balaban J connectivity index is 0.000000152. The van der Waals surface area contributed by atoms with Crippen molar-refractivity contribution in [1.29, 1.82) is 0 Å². The molecule has 3 aromatic rings. The molecule has 4 rings (SSSR count). The van der Waals surface area contributed by atoms with Gasteiger partial charge in [0.05, 0.1) is 22.4 Å². The van der Waals surface area contributed by atoms with Gasteiger partial charge in [-0.25, -0.2) is 0 Å². The number of benzene rings is 2. The number of carbonyl (C=O) groups is 2. The second-order valence-corrected chi connectivity index (χ2v) is 6.94. The molecule has 0 atom stereocenters. The molecule has 2 aromatic heterocycles. The average Bonchev–Trinajstić information content (AvgIpc) is 3.24. The van der Waals surface area contributed by atoms with E-state index in [9.17, 15) is 19.8 Å². The number of fused-ring (bicyclic) bond motifs is 3. The molecule has 0 unspecified atom stereocenters. The fourth-order valence-corrected chi connectivity index (χ4v) is 3.51. The van der Waals surface area contributed by atoms with Crippen molar-refractivity contribution in [2.24, 2.45) is 0 Å². The Labute approximate surface area is 154 Å². The molecule has 2 heterocycles. The Morgan fingerprint density at radius 1 is 0.962 bits per heavy atom. The summed E-state index contributed by atoms with van der Waals surface area (Å²) in [5.41, 5.74) is -0.255. The van der Waals surface area contributed by atoms with Crippen molar-refractivity contribution in [2.75, 3.05) is 6.61 Å². The summed E-state index contributed by atoms with van der Waals surface area (Å²) in [6.07, 6.45) is 4.49. The van der Waals surface area contributed by atoms with Gasteiger partial charge in [-0.1, -0.05) is 13.3 Å². The number of allylic oxidation sites excluding steroid dienone is 2. The molecule has 0 amide bonds. The normalized spacial score (nSPS) is 12.8. The van der Waals surface area contributed by atoms with E-state index in [0.29, 0.717) is 0 Å². The third-order valence-electron chi connectivity index (χ3n) is 3.94. The van der Waals surface area contributed by atoms with E-state index in [1.807, 2.05) is 0 Å². The van der Waals surface area contributed by atoms with Gasteiger partial charge in [-0.3, -0.25) is 9.59 Å². The summed E-state index contributed by atoms with van der Waals surface area (Å²) in [5.74, 6) is -0.465. The molecule has 26 heavy (non-hydrogen) atoms. The molecule has 5 nitrogen and oxygen atoms in total. The number of unbranched alkanes of at least 4 members (excludes halogenated alkanes) is 1. The Hall–Kier alpha value is -2.86. The number of ketones is 2. The molecule has 0 saturated heterocycles. The number of phenolic OH excluding ortho intramolecular Hbond substituents is 2. The Kier molecular flexibility index (Phi) is 5.23. The molecule has 0 aliphatic heterocycles. The molecule has 134 valence electrons. The average molecular weight is 370 g/mol. The maximum Gasteiger partial charge on any atom is 0.190 e. The van der Waals surface area contributed by atoms with Gasteiger partial charge in [-0.15, -0.1) is 11.3 Å². The van der Waals surface area contributed by atoms with Crippen LogP contribution in [-0.4, -0.2) is 28.4 Å². The van der Waals surface area contributed by atoms with Crippen LogP contribution in [-0.2, 0) is 0 Å². The van der Waals surface area contributed by atoms with Crippen molar-refractivity contribution in [3.8, 4) is 17.2 Å². The quantitative estimate of drug-likeness (QED) is 0.520. The van der Waals surface area contributed by atoms with E-state index in [-0.39, 0.29) is 22.6 Å². The van der Waals surface area contributed by atoms with Crippen LogP contribution in [0, 0.1) is 0 Å². The maximum absolute atomic E-state index is 11.3. The highest BCUT2D eigenvalue weighted by Gasteiger charge is 2.25. The monoisotopic (exact) mass is 370 g/mol. The van der Waals surface area contributed by atoms with Crippen LogP contribution in [0.15, 0.2) is 42.5 Å². The molecular weight excluding hydrogens is 352 g/mol. The molecule has 6 heteroatoms. The molecule has 0 spiro atoms. The van der Waals surface area contributed by atoms with Gasteiger partial charge in [0.25, 0.3) is 0 Å². The number of phenols is 2. The predicted molar refractivity (Wildman–Crippen MR) is 101 cm³/mol. The molecule has 1 aliphatic carbocycles. The van der Waals surface area contributed by atoms with Crippen molar-refractivity contribution >= 4 is 32.3 Å². The fourth-order valence-electron chi connectivity index (χ4n) is 2.60. The lowest BCUT2D eigenvalue weighted by Gasteiger charge is -2.11. The van der Waals surface area contributed by atoms with Crippen LogP contribution in [0.1, 0.15) is 40.5 Å². The SMILES string of the molecule is CCCCOc1cc2ccc1s2.O=C1C=CC(=O)c2c(O)ccc(O)c21. The predicted octanol–water partition coefficient (Wildman–Crippen LogP) is 4.55. The summed E-state index contributed by atoms with van der Waals surface area (Å²) in [6, 6.07) is 8.74. The summed E-state index contributed by atoms with van der Waals surface area (Å²) in [4.78, 5) is 22.6. The second-order valence-electron chi connectivity index (χ2n) is 5.83. The third kappa shape index (κ3) is 3.55. The van der Waals surface area contributed by atoms with E-state index in [1.165, 1.54) is 28.0 Å². The second kappa shape index (κ2) is 7.58. The lowest BCUT2D eigenvalue weighted by Crippen LogP contribution is -2.11. The summed E-state index contributed by atoms with van der Waals surface area (Å²) >= 11 is 1.80. The van der Waals surface area contributed by atoms with Gasteiger partial charge in [-0.05, 0) is 48.9 Å². The number of aromatic hydroxyl groups is 2. The largest absolute Gasteiger partial charge is 0.507 e. The van der Waals surface area contributed by atoms with Gasteiger partial charge >= 0.3 is 0 Å². The molecule has 0 radical (unpaired) electrons. The van der Waals surface area contributed by atoms with E-state index in [0.717, 1.165) is 30.9 Å². The maximum atomic E-state index is 11.3. The molecule has 1 aromatic carbocycles. The highest BCUT2D eigenvalue weighted by atomic mass is 32.1. The van der Waals surface area contributed by atoms with Gasteiger partial charge < -0.3 is 14.9 Å². The highest BCUT2D eigenvalue weighted by Crippen LogP contribution is 2.34. The number of carbonyl (C=O) groups excluding carboxylic acids is 2. The molecule has 0 saturated carbocycles.